The van der Waals surface area contributed by atoms with E-state index in [-0.39, 0.29) is 10.7 Å². The number of alkyl halides is 1. The van der Waals surface area contributed by atoms with Crippen LogP contribution in [-0.2, 0) is 14.3 Å². The van der Waals surface area contributed by atoms with Crippen molar-refractivity contribution in [1.29, 1.82) is 0 Å². The van der Waals surface area contributed by atoms with Crippen molar-refractivity contribution in [2.45, 2.75) is 56.5 Å². The zero-order valence-corrected chi connectivity index (χ0v) is 15.3. The van der Waals surface area contributed by atoms with Crippen LogP contribution in [0.4, 0.5) is 9.59 Å². The van der Waals surface area contributed by atoms with Gasteiger partial charge in [0, 0.05) is 4.83 Å². The molecule has 1 fully saturated rings. The molecule has 3 atom stereocenters. The minimum Gasteiger partial charge on any atom is -0.467 e. The van der Waals surface area contributed by atoms with Gasteiger partial charge in [-0.05, 0) is 46.0 Å². The molecule has 0 bridgehead atoms. The Morgan fingerprint density at radius 3 is 2.30 bits per heavy atom. The second kappa shape index (κ2) is 7.85. The molecular formula is C14H23BrN2O6. The van der Waals surface area contributed by atoms with Crippen molar-refractivity contribution >= 4 is 34.1 Å². The molecule has 0 saturated heterocycles. The van der Waals surface area contributed by atoms with E-state index in [2.05, 4.69) is 15.9 Å². The molecule has 1 rings (SSSR count). The summed E-state index contributed by atoms with van der Waals surface area (Å²) in [6.45, 7) is 4.96. The van der Waals surface area contributed by atoms with Crippen molar-refractivity contribution in [2.75, 3.05) is 7.11 Å². The van der Waals surface area contributed by atoms with Gasteiger partial charge < -0.3 is 14.6 Å². The summed E-state index contributed by atoms with van der Waals surface area (Å²) in [6, 6.07) is -1.08. The Labute approximate surface area is 143 Å². The van der Waals surface area contributed by atoms with Gasteiger partial charge in [0.1, 0.15) is 5.60 Å². The predicted octanol–water partition coefficient (Wildman–Crippen LogP) is 2.51. The topological polar surface area (TPSA) is 105 Å². The third-order valence-corrected chi connectivity index (χ3v) is 4.21. The molecule has 0 heterocycles. The highest BCUT2D eigenvalue weighted by molar-refractivity contribution is 9.09. The number of hydrogen-bond donors (Lipinski definition) is 2. The van der Waals surface area contributed by atoms with Crippen LogP contribution in [0.25, 0.3) is 0 Å². The number of carbonyl (C=O) groups is 3. The Hall–Kier alpha value is -1.51. The maximum Gasteiger partial charge on any atom is 0.430 e. The third kappa shape index (κ3) is 5.89. The summed E-state index contributed by atoms with van der Waals surface area (Å²) >= 11 is 3.48. The number of nitrogens with one attached hydrogen (secondary N) is 1. The van der Waals surface area contributed by atoms with Crippen LogP contribution in [-0.4, -0.2) is 51.9 Å². The lowest BCUT2D eigenvalue weighted by Crippen LogP contribution is -2.58. The molecular weight excluding hydrogens is 372 g/mol. The van der Waals surface area contributed by atoms with E-state index in [1.165, 1.54) is 7.11 Å². The molecule has 8 nitrogen and oxygen atoms in total. The monoisotopic (exact) mass is 394 g/mol. The number of nitrogens with zero attached hydrogens (tertiary/aromatic N) is 1. The molecule has 0 spiro atoms. The first-order chi connectivity index (χ1) is 10.5. The Morgan fingerprint density at radius 2 is 1.91 bits per heavy atom. The van der Waals surface area contributed by atoms with E-state index >= 15 is 0 Å². The van der Waals surface area contributed by atoms with Crippen molar-refractivity contribution in [3.63, 3.8) is 0 Å². The molecule has 2 N–H and O–H groups in total. The highest BCUT2D eigenvalue weighted by atomic mass is 79.9. The molecule has 1 aliphatic carbocycles. The number of hydrogen-bond acceptors (Lipinski definition) is 5. The SMILES string of the molecule is COC(=O)C(C1CCC(Br)C1)N(NC(=O)O)C(=O)OC(C)(C)C. The van der Waals surface area contributed by atoms with Crippen molar-refractivity contribution < 1.29 is 29.0 Å². The maximum absolute atomic E-state index is 12.4. The molecule has 0 aliphatic heterocycles. The van der Waals surface area contributed by atoms with Gasteiger partial charge in [-0.3, -0.25) is 0 Å². The number of hydrazine groups is 1. The number of carbonyl (C=O) groups excluding carboxylic acids is 2. The van der Waals surface area contributed by atoms with Crippen molar-refractivity contribution in [2.24, 2.45) is 5.92 Å². The second-order valence-electron chi connectivity index (χ2n) is 6.41. The predicted molar refractivity (Wildman–Crippen MR) is 85.1 cm³/mol. The molecule has 3 unspecified atom stereocenters. The molecule has 0 aromatic rings. The van der Waals surface area contributed by atoms with Gasteiger partial charge in [0.15, 0.2) is 6.04 Å². The highest BCUT2D eigenvalue weighted by Crippen LogP contribution is 2.35. The van der Waals surface area contributed by atoms with E-state index in [1.54, 1.807) is 20.8 Å². The van der Waals surface area contributed by atoms with Gasteiger partial charge in [0.05, 0.1) is 7.11 Å². The average Bonchev–Trinajstić information content (AvgIpc) is 2.81. The minimum atomic E-state index is -1.46. The van der Waals surface area contributed by atoms with E-state index in [4.69, 9.17) is 14.6 Å². The first kappa shape index (κ1) is 19.5. The molecule has 132 valence electrons. The lowest BCUT2D eigenvalue weighted by Gasteiger charge is -2.33. The molecule has 2 amide bonds. The Morgan fingerprint density at radius 1 is 1.30 bits per heavy atom. The fourth-order valence-corrected chi connectivity index (χ4v) is 3.26. The normalized spacial score (nSPS) is 22.1. The van der Waals surface area contributed by atoms with Crippen LogP contribution >= 0.6 is 15.9 Å². The van der Waals surface area contributed by atoms with Gasteiger partial charge in [0.2, 0.25) is 0 Å². The van der Waals surface area contributed by atoms with Gasteiger partial charge in [-0.15, -0.1) is 0 Å². The standard InChI is InChI=1S/C14H23BrN2O6/c1-14(2,3)23-13(21)17(16-12(19)20)10(11(18)22-4)8-5-6-9(15)7-8/h8-10,16H,5-7H2,1-4H3,(H,19,20). The largest absolute Gasteiger partial charge is 0.467 e. The fraction of sp³-hybridized carbons (Fsp3) is 0.786. The summed E-state index contributed by atoms with van der Waals surface area (Å²) in [5.74, 6) is -0.914. The van der Waals surface area contributed by atoms with Crippen molar-refractivity contribution in [1.82, 2.24) is 10.4 Å². The summed E-state index contributed by atoms with van der Waals surface area (Å²) in [6.07, 6.45) is -0.282. The Kier molecular flexibility index (Phi) is 6.67. The lowest BCUT2D eigenvalue weighted by molar-refractivity contribution is -0.150. The van der Waals surface area contributed by atoms with E-state index in [1.807, 2.05) is 5.43 Å². The molecule has 1 saturated carbocycles. The van der Waals surface area contributed by atoms with Gasteiger partial charge in [0.25, 0.3) is 0 Å². The quantitative estimate of drug-likeness (QED) is 0.432. The number of rotatable bonds is 3. The number of esters is 1. The summed E-state index contributed by atoms with van der Waals surface area (Å²) < 4.78 is 9.97. The van der Waals surface area contributed by atoms with E-state index in [0.29, 0.717) is 12.8 Å². The van der Waals surface area contributed by atoms with Crippen LogP contribution in [0.3, 0.4) is 0 Å². The second-order valence-corrected chi connectivity index (χ2v) is 7.70. The molecule has 0 radical (unpaired) electrons. The van der Waals surface area contributed by atoms with Crippen LogP contribution in [0, 0.1) is 5.92 Å². The molecule has 1 aliphatic rings. The van der Waals surface area contributed by atoms with Crippen LogP contribution in [0.1, 0.15) is 40.0 Å². The molecule has 9 heteroatoms. The number of carboxylic acid groups (broad SMARTS) is 1. The Bertz CT molecular complexity index is 465. The first-order valence-corrected chi connectivity index (χ1v) is 8.20. The van der Waals surface area contributed by atoms with Crippen LogP contribution in [0.2, 0.25) is 0 Å². The number of ether oxygens (including phenoxy) is 2. The van der Waals surface area contributed by atoms with E-state index in [9.17, 15) is 14.4 Å². The van der Waals surface area contributed by atoms with Gasteiger partial charge in [-0.1, -0.05) is 15.9 Å². The lowest BCUT2D eigenvalue weighted by atomic mass is 9.98. The van der Waals surface area contributed by atoms with Crippen LogP contribution in [0.5, 0.6) is 0 Å². The Balaban J connectivity index is 3.08. The first-order valence-electron chi connectivity index (χ1n) is 7.29. The number of amides is 2. The van der Waals surface area contributed by atoms with Gasteiger partial charge >= 0.3 is 18.2 Å². The fourth-order valence-electron chi connectivity index (χ4n) is 2.52. The molecule has 23 heavy (non-hydrogen) atoms. The smallest absolute Gasteiger partial charge is 0.430 e. The van der Waals surface area contributed by atoms with E-state index in [0.717, 1.165) is 11.4 Å². The molecule has 0 aromatic carbocycles. The maximum atomic E-state index is 12.4. The zero-order valence-electron chi connectivity index (χ0n) is 13.7. The zero-order chi connectivity index (χ0) is 17.8. The summed E-state index contributed by atoms with van der Waals surface area (Å²) in [7, 11) is 1.20. The third-order valence-electron chi connectivity index (χ3n) is 3.38. The van der Waals surface area contributed by atoms with Crippen molar-refractivity contribution in [3.8, 4) is 0 Å². The van der Waals surface area contributed by atoms with Gasteiger partial charge in [-0.25, -0.2) is 24.8 Å². The van der Waals surface area contributed by atoms with Crippen LogP contribution < -0.4 is 5.43 Å². The number of halogens is 1. The summed E-state index contributed by atoms with van der Waals surface area (Å²) in [5, 5.41) is 9.72. The summed E-state index contributed by atoms with van der Waals surface area (Å²) in [5.41, 5.74) is 1.14. The number of methoxy groups -OCH3 is 1. The average molecular weight is 395 g/mol. The summed E-state index contributed by atoms with van der Waals surface area (Å²) in [4.78, 5) is 35.8. The molecule has 0 aromatic heterocycles. The van der Waals surface area contributed by atoms with E-state index < -0.39 is 29.8 Å². The van der Waals surface area contributed by atoms with Gasteiger partial charge in [-0.2, -0.15) is 0 Å². The highest BCUT2D eigenvalue weighted by Gasteiger charge is 2.43. The minimum absolute atomic E-state index is 0.213. The van der Waals surface area contributed by atoms with Crippen molar-refractivity contribution in [3.05, 3.63) is 0 Å². The van der Waals surface area contributed by atoms with Crippen LogP contribution in [0.15, 0.2) is 0 Å².